The fourth-order valence-electron chi connectivity index (χ4n) is 2.65. The van der Waals surface area contributed by atoms with Crippen LogP contribution in [0.3, 0.4) is 0 Å². The number of aliphatic carboxylic acids is 1. The molecule has 0 unspecified atom stereocenters. The van der Waals surface area contributed by atoms with E-state index in [2.05, 4.69) is 6.92 Å². The summed E-state index contributed by atoms with van der Waals surface area (Å²) in [5, 5.41) is 16.3. The molecule has 5 nitrogen and oxygen atoms in total. The zero-order valence-corrected chi connectivity index (χ0v) is 19.6. The highest BCUT2D eigenvalue weighted by Crippen LogP contribution is 2.13. The molecule has 0 aliphatic heterocycles. The van der Waals surface area contributed by atoms with Gasteiger partial charge in [-0.3, -0.25) is 4.79 Å². The maximum absolute atomic E-state index is 10.3. The second-order valence-corrected chi connectivity index (χ2v) is 6.61. The zero-order chi connectivity index (χ0) is 18.3. The van der Waals surface area contributed by atoms with Crippen molar-refractivity contribution < 1.29 is 15.0 Å². The van der Waals surface area contributed by atoms with E-state index in [-0.39, 0.29) is 36.7 Å². The second-order valence-electron chi connectivity index (χ2n) is 6.61. The molecule has 0 bridgehead atoms. The van der Waals surface area contributed by atoms with Crippen LogP contribution in [0.5, 0.6) is 0 Å². The van der Waals surface area contributed by atoms with Crippen LogP contribution in [0.25, 0.3) is 0 Å². The average molecular weight is 491 g/mol. The Balaban J connectivity index is -0.000000363. The van der Waals surface area contributed by atoms with E-state index in [0.29, 0.717) is 13.0 Å². The third-order valence-corrected chi connectivity index (χ3v) is 4.12. The molecule has 0 radical (unpaired) electrons. The lowest BCUT2D eigenvalue weighted by molar-refractivity contribution is -0.137. The molecule has 0 aliphatic carbocycles. The van der Waals surface area contributed by atoms with Gasteiger partial charge < -0.3 is 22.1 Å². The number of carbonyl (C=O) groups is 1. The van der Waals surface area contributed by atoms with Crippen LogP contribution in [-0.2, 0) is 4.79 Å². The number of carboxylic acid groups (broad SMARTS) is 1. The first kappa shape index (κ1) is 33.6. The summed E-state index contributed by atoms with van der Waals surface area (Å²) in [6, 6.07) is 0. The molecule has 0 aromatic carbocycles. The third kappa shape index (κ3) is 39.2. The lowest BCUT2D eigenvalue weighted by Crippen LogP contribution is -2.02. The van der Waals surface area contributed by atoms with Crippen molar-refractivity contribution in [3.05, 3.63) is 0 Å². The summed E-state index contributed by atoms with van der Waals surface area (Å²) < 4.78 is 0. The van der Waals surface area contributed by atoms with Crippen LogP contribution in [0.1, 0.15) is 110 Å². The molecule has 0 atom stereocenters. The first-order valence-electron chi connectivity index (χ1n) is 10.2. The number of carboxylic acids is 1. The van der Waals surface area contributed by atoms with Gasteiger partial charge in [-0.05, 0) is 6.42 Å². The molecular weight excluding hydrogens is 443 g/mol. The van der Waals surface area contributed by atoms with Crippen molar-refractivity contribution in [3.63, 3.8) is 0 Å². The third-order valence-electron chi connectivity index (χ3n) is 4.12. The van der Waals surface area contributed by atoms with E-state index in [1.54, 1.807) is 0 Å². The van der Waals surface area contributed by atoms with Crippen LogP contribution in [0.4, 0.5) is 0 Å². The van der Waals surface area contributed by atoms with Gasteiger partial charge >= 0.3 is 5.97 Å². The zero-order valence-electron chi connectivity index (χ0n) is 17.2. The summed E-state index contributed by atoms with van der Waals surface area (Å²) in [4.78, 5) is 10.3. The molecule has 0 aliphatic rings. The van der Waals surface area contributed by atoms with Crippen molar-refractivity contribution in [2.75, 3.05) is 13.2 Å². The van der Waals surface area contributed by atoms with E-state index < -0.39 is 5.97 Å². The molecule has 0 rings (SSSR count). The predicted molar refractivity (Wildman–Crippen MR) is 124 cm³/mol. The lowest BCUT2D eigenvalue weighted by atomic mass is 10.0. The largest absolute Gasteiger partial charge is 0.481 e. The highest BCUT2D eigenvalue weighted by atomic mass is 127. The van der Waals surface area contributed by atoms with Gasteiger partial charge in [-0.25, -0.2) is 0 Å². The molecule has 162 valence electrons. The van der Waals surface area contributed by atoms with E-state index >= 15 is 0 Å². The number of nitrogens with two attached hydrogens (primary N) is 1. The number of rotatable bonds is 17. The van der Waals surface area contributed by atoms with Gasteiger partial charge in [-0.1, -0.05) is 96.8 Å². The summed E-state index contributed by atoms with van der Waals surface area (Å²) in [7, 11) is 0. The molecule has 6 heteroatoms. The van der Waals surface area contributed by atoms with Gasteiger partial charge in [0.05, 0.1) is 6.61 Å². The minimum atomic E-state index is -0.653. The number of hydrogen-bond acceptors (Lipinski definition) is 4. The molecule has 0 fully saturated rings. The van der Waals surface area contributed by atoms with Crippen LogP contribution >= 0.6 is 24.0 Å². The molecule has 0 heterocycles. The number of unbranched alkanes of at least 4 members (excludes halogenated alkanes) is 14. The van der Waals surface area contributed by atoms with Crippen molar-refractivity contribution in [2.24, 2.45) is 5.73 Å². The van der Waals surface area contributed by atoms with Crippen LogP contribution < -0.4 is 11.9 Å². The monoisotopic (exact) mass is 490 g/mol. The smallest absolute Gasteiger partial charge is 0.303 e. The minimum Gasteiger partial charge on any atom is -0.481 e. The lowest BCUT2D eigenvalue weighted by Gasteiger charge is -2.03. The minimum absolute atomic E-state index is 0. The maximum Gasteiger partial charge on any atom is 0.303 e. The normalized spacial score (nSPS) is 9.50. The molecule has 0 aromatic rings. The molecule has 0 amide bonds. The predicted octanol–water partition coefficient (Wildman–Crippen LogP) is 6.05. The highest BCUT2D eigenvalue weighted by molar-refractivity contribution is 14.0. The molecular formula is C20H47IN2O3. The quantitative estimate of drug-likeness (QED) is 0.146. The van der Waals surface area contributed by atoms with Crippen LogP contribution in [-0.4, -0.2) is 29.3 Å². The van der Waals surface area contributed by atoms with Crippen molar-refractivity contribution in [1.29, 1.82) is 0 Å². The van der Waals surface area contributed by atoms with E-state index in [9.17, 15) is 4.79 Å². The van der Waals surface area contributed by atoms with Gasteiger partial charge in [-0.2, -0.15) is 0 Å². The highest BCUT2D eigenvalue weighted by Gasteiger charge is 1.97. The number of aliphatic hydroxyl groups is 1. The Bertz CT molecular complexity index is 243. The molecule has 0 spiro atoms. The first-order chi connectivity index (χ1) is 11.7. The van der Waals surface area contributed by atoms with E-state index in [1.807, 2.05) is 0 Å². The number of hydrogen-bond donors (Lipinski definition) is 4. The van der Waals surface area contributed by atoms with Gasteiger partial charge in [0.2, 0.25) is 0 Å². The Morgan fingerprint density at radius 2 is 1.00 bits per heavy atom. The Labute approximate surface area is 179 Å². The van der Waals surface area contributed by atoms with Crippen molar-refractivity contribution >= 4 is 29.9 Å². The maximum atomic E-state index is 10.3. The van der Waals surface area contributed by atoms with E-state index in [0.717, 1.165) is 12.8 Å². The fourth-order valence-corrected chi connectivity index (χ4v) is 2.65. The molecule has 0 saturated carbocycles. The van der Waals surface area contributed by atoms with Gasteiger partial charge in [0.1, 0.15) is 0 Å². The number of halogens is 1. The topological polar surface area (TPSA) is 119 Å². The second kappa shape index (κ2) is 32.7. The van der Waals surface area contributed by atoms with Crippen molar-refractivity contribution in [2.45, 2.75) is 110 Å². The summed E-state index contributed by atoms with van der Waals surface area (Å²) in [5.74, 6) is -0.653. The first-order valence-corrected chi connectivity index (χ1v) is 10.2. The summed E-state index contributed by atoms with van der Waals surface area (Å²) in [6.07, 6.45) is 20.2. The molecule has 0 aromatic heterocycles. The van der Waals surface area contributed by atoms with Crippen LogP contribution in [0, 0.1) is 0 Å². The van der Waals surface area contributed by atoms with E-state index in [4.69, 9.17) is 15.9 Å². The summed E-state index contributed by atoms with van der Waals surface area (Å²) in [5.41, 5.74) is 4.78. The average Bonchev–Trinajstić information content (AvgIpc) is 2.58. The van der Waals surface area contributed by atoms with Gasteiger partial charge in [-0.15, -0.1) is 24.0 Å². The molecule has 7 N–H and O–H groups in total. The number of aliphatic hydroxyl groups excluding tert-OH is 1. The summed E-state index contributed by atoms with van der Waals surface area (Å²) >= 11 is 0. The van der Waals surface area contributed by atoms with Crippen molar-refractivity contribution in [3.8, 4) is 0 Å². The van der Waals surface area contributed by atoms with E-state index in [1.165, 1.54) is 83.5 Å². The molecule has 0 saturated heterocycles. The summed E-state index contributed by atoms with van der Waals surface area (Å²) in [6.45, 7) is 2.74. The Hall–Kier alpha value is 0.0800. The Kier molecular flexibility index (Phi) is 42.4. The van der Waals surface area contributed by atoms with Crippen molar-refractivity contribution in [1.82, 2.24) is 6.15 Å². The standard InChI is InChI=1S/C18H36O2.C2H7NO.HI.H3N/c1-2-3-4-5-6-7-8-9-10-11-12-13-14-15-16-17-18(19)20;3-1-2-4;;/h2-17H2,1H3,(H,19,20);4H,1-3H2;1H;1H3. The van der Waals surface area contributed by atoms with Gasteiger partial charge in [0.15, 0.2) is 0 Å². The van der Waals surface area contributed by atoms with Gasteiger partial charge in [0, 0.05) is 13.0 Å². The fraction of sp³-hybridized carbons (Fsp3) is 0.950. The Morgan fingerprint density at radius 1 is 0.731 bits per heavy atom. The molecule has 26 heavy (non-hydrogen) atoms. The van der Waals surface area contributed by atoms with Gasteiger partial charge in [0.25, 0.3) is 0 Å². The SMILES string of the molecule is CCCCCCCCCCCCCCCCCC(=O)O.I.N.NCCO. The van der Waals surface area contributed by atoms with Crippen LogP contribution in [0.2, 0.25) is 0 Å². The Morgan fingerprint density at radius 3 is 1.23 bits per heavy atom. The van der Waals surface area contributed by atoms with Crippen LogP contribution in [0.15, 0.2) is 0 Å².